The van der Waals surface area contributed by atoms with Crippen molar-refractivity contribution in [2.75, 3.05) is 25.5 Å². The molecule has 0 aromatic carbocycles. The molecule has 2 amide bonds. The number of halogens is 1. The molecule has 1 saturated heterocycles. The summed E-state index contributed by atoms with van der Waals surface area (Å²) in [6.45, 7) is 8.64. The van der Waals surface area contributed by atoms with Crippen LogP contribution in [-0.4, -0.2) is 42.2 Å². The van der Waals surface area contributed by atoms with E-state index < -0.39 is 0 Å². The number of nitrogens with one attached hydrogen (secondary N) is 1. The van der Waals surface area contributed by atoms with Gasteiger partial charge >= 0.3 is 0 Å². The van der Waals surface area contributed by atoms with Crippen molar-refractivity contribution in [3.63, 3.8) is 0 Å². The number of carbonyl (C=O) groups is 2. The molecule has 0 bridgehead atoms. The highest BCUT2D eigenvalue weighted by atomic mass is 35.5. The van der Waals surface area contributed by atoms with Crippen molar-refractivity contribution in [1.29, 1.82) is 0 Å². The molecule has 1 aliphatic rings. The highest BCUT2D eigenvalue weighted by molar-refractivity contribution is 7.12. The van der Waals surface area contributed by atoms with Crippen LogP contribution >= 0.6 is 22.9 Å². The summed E-state index contributed by atoms with van der Waals surface area (Å²) in [6, 6.07) is 2.24. The Balaban J connectivity index is 1.78. The maximum Gasteiger partial charge on any atom is 0.234 e. The van der Waals surface area contributed by atoms with Crippen LogP contribution in [0.2, 0.25) is 0 Å². The third kappa shape index (κ3) is 6.00. The maximum absolute atomic E-state index is 12.5. The monoisotopic (exact) mass is 384 g/mol. The Hall–Kier alpha value is -1.07. The summed E-state index contributed by atoms with van der Waals surface area (Å²) in [5, 5.41) is 2.86. The van der Waals surface area contributed by atoms with E-state index in [0.717, 1.165) is 32.4 Å². The topological polar surface area (TPSA) is 49.4 Å². The van der Waals surface area contributed by atoms with Gasteiger partial charge in [0.15, 0.2) is 0 Å². The van der Waals surface area contributed by atoms with Gasteiger partial charge in [0.2, 0.25) is 11.8 Å². The van der Waals surface area contributed by atoms with E-state index >= 15 is 0 Å². The molecular formula is C19H29ClN2O2S. The van der Waals surface area contributed by atoms with E-state index in [-0.39, 0.29) is 17.7 Å². The summed E-state index contributed by atoms with van der Waals surface area (Å²) in [5.41, 5.74) is 1.38. The molecule has 140 valence electrons. The van der Waals surface area contributed by atoms with E-state index in [2.05, 4.69) is 32.2 Å². The highest BCUT2D eigenvalue weighted by Crippen LogP contribution is 2.25. The molecule has 1 aromatic rings. The van der Waals surface area contributed by atoms with Crippen molar-refractivity contribution in [3.8, 4) is 0 Å². The van der Waals surface area contributed by atoms with Crippen molar-refractivity contribution in [2.45, 2.75) is 46.5 Å². The lowest BCUT2D eigenvalue weighted by atomic mass is 9.86. The van der Waals surface area contributed by atoms with Gasteiger partial charge in [0, 0.05) is 35.8 Å². The molecule has 1 N–H and O–H groups in total. The predicted molar refractivity (Wildman–Crippen MR) is 104 cm³/mol. The zero-order chi connectivity index (χ0) is 18.4. The fourth-order valence-corrected chi connectivity index (χ4v) is 4.52. The van der Waals surface area contributed by atoms with E-state index in [9.17, 15) is 9.59 Å². The number of hydrogen-bond donors (Lipinski definition) is 1. The second-order valence-corrected chi connectivity index (χ2v) is 8.82. The second kappa shape index (κ2) is 9.58. The van der Waals surface area contributed by atoms with E-state index in [1.807, 2.05) is 16.2 Å². The molecule has 1 fully saturated rings. The molecule has 0 saturated carbocycles. The molecule has 0 aliphatic carbocycles. The van der Waals surface area contributed by atoms with E-state index in [1.54, 1.807) is 0 Å². The Labute approximate surface area is 159 Å². The molecular weight excluding hydrogens is 356 g/mol. The second-order valence-electron chi connectivity index (χ2n) is 7.10. The number of hydrogen-bond acceptors (Lipinski definition) is 3. The lowest BCUT2D eigenvalue weighted by Crippen LogP contribution is -2.47. The quantitative estimate of drug-likeness (QED) is 0.731. The van der Waals surface area contributed by atoms with Gasteiger partial charge in [0.1, 0.15) is 5.88 Å². The molecule has 1 aromatic heterocycles. The first-order valence-electron chi connectivity index (χ1n) is 9.07. The zero-order valence-electron chi connectivity index (χ0n) is 15.4. The zero-order valence-corrected chi connectivity index (χ0v) is 17.0. The summed E-state index contributed by atoms with van der Waals surface area (Å²) in [7, 11) is 0. The molecule has 2 heterocycles. The van der Waals surface area contributed by atoms with Crippen LogP contribution in [-0.2, 0) is 16.0 Å². The van der Waals surface area contributed by atoms with Gasteiger partial charge in [0.25, 0.3) is 0 Å². The summed E-state index contributed by atoms with van der Waals surface area (Å²) in [4.78, 5) is 28.6. The van der Waals surface area contributed by atoms with Crippen LogP contribution in [0.5, 0.6) is 0 Å². The molecule has 25 heavy (non-hydrogen) atoms. The molecule has 6 heteroatoms. The first-order chi connectivity index (χ1) is 11.9. The Morgan fingerprint density at radius 2 is 2.16 bits per heavy atom. The number of thiophene rings is 1. The first kappa shape index (κ1) is 20.2. The van der Waals surface area contributed by atoms with Crippen molar-refractivity contribution in [1.82, 2.24) is 10.2 Å². The molecule has 4 nitrogen and oxygen atoms in total. The normalized spacial score (nSPS) is 20.6. The number of aryl methyl sites for hydroxylation is 3. The van der Waals surface area contributed by atoms with Gasteiger partial charge in [-0.15, -0.1) is 22.9 Å². The Morgan fingerprint density at radius 1 is 1.40 bits per heavy atom. The SMILES string of the molecule is Cc1cc(CCCC(=O)N2CCC(C)C(CNC(=O)CCl)C2)c(C)s1. The van der Waals surface area contributed by atoms with Crippen LogP contribution < -0.4 is 5.32 Å². The summed E-state index contributed by atoms with van der Waals surface area (Å²) in [5.74, 6) is 0.914. The number of alkyl halides is 1. The number of nitrogens with zero attached hydrogens (tertiary/aromatic N) is 1. The summed E-state index contributed by atoms with van der Waals surface area (Å²) < 4.78 is 0. The van der Waals surface area contributed by atoms with Crippen LogP contribution in [0.15, 0.2) is 6.07 Å². The number of amides is 2. The van der Waals surface area contributed by atoms with Crippen molar-refractivity contribution in [3.05, 3.63) is 21.4 Å². The number of piperidine rings is 1. The Kier molecular flexibility index (Phi) is 7.76. The van der Waals surface area contributed by atoms with Crippen LogP contribution in [0.4, 0.5) is 0 Å². The van der Waals surface area contributed by atoms with Gasteiger partial charge in [-0.25, -0.2) is 0 Å². The van der Waals surface area contributed by atoms with Gasteiger partial charge in [-0.3, -0.25) is 9.59 Å². The fourth-order valence-electron chi connectivity index (χ4n) is 3.45. The number of carbonyl (C=O) groups excluding carboxylic acids is 2. The predicted octanol–water partition coefficient (Wildman–Crippen LogP) is 3.53. The fraction of sp³-hybridized carbons (Fsp3) is 0.684. The smallest absolute Gasteiger partial charge is 0.234 e. The van der Waals surface area contributed by atoms with Crippen LogP contribution in [0.25, 0.3) is 0 Å². The van der Waals surface area contributed by atoms with Gasteiger partial charge < -0.3 is 10.2 Å². The lowest BCUT2D eigenvalue weighted by Gasteiger charge is -2.37. The first-order valence-corrected chi connectivity index (χ1v) is 10.4. The molecule has 2 unspecified atom stereocenters. The van der Waals surface area contributed by atoms with E-state index in [1.165, 1.54) is 15.3 Å². The van der Waals surface area contributed by atoms with Crippen molar-refractivity contribution < 1.29 is 9.59 Å². The summed E-state index contributed by atoms with van der Waals surface area (Å²) in [6.07, 6.45) is 3.47. The molecule has 2 rings (SSSR count). The standard InChI is InChI=1S/C19H29ClN2O2S/c1-13-7-8-22(12-17(13)11-21-18(23)10-20)19(24)6-4-5-16-9-14(2)25-15(16)3/h9,13,17H,4-8,10-12H2,1-3H3,(H,21,23). The largest absolute Gasteiger partial charge is 0.355 e. The van der Waals surface area contributed by atoms with Gasteiger partial charge in [0.05, 0.1) is 0 Å². The summed E-state index contributed by atoms with van der Waals surface area (Å²) >= 11 is 7.36. The maximum atomic E-state index is 12.5. The third-order valence-electron chi connectivity index (χ3n) is 5.13. The minimum Gasteiger partial charge on any atom is -0.355 e. The average molecular weight is 385 g/mol. The minimum absolute atomic E-state index is 0.00871. The molecule has 1 aliphatic heterocycles. The molecule has 0 spiro atoms. The molecule has 2 atom stereocenters. The highest BCUT2D eigenvalue weighted by Gasteiger charge is 2.28. The van der Waals surface area contributed by atoms with Gasteiger partial charge in [-0.05, 0) is 56.6 Å². The number of rotatable bonds is 7. The van der Waals surface area contributed by atoms with E-state index in [4.69, 9.17) is 11.6 Å². The van der Waals surface area contributed by atoms with Crippen molar-refractivity contribution in [2.24, 2.45) is 11.8 Å². The van der Waals surface area contributed by atoms with Gasteiger partial charge in [-0.1, -0.05) is 6.92 Å². The third-order valence-corrected chi connectivity index (χ3v) is 6.38. The van der Waals surface area contributed by atoms with Crippen LogP contribution in [0, 0.1) is 25.7 Å². The van der Waals surface area contributed by atoms with E-state index in [0.29, 0.717) is 24.8 Å². The number of likely N-dealkylation sites (tertiary alicyclic amines) is 1. The Morgan fingerprint density at radius 3 is 2.80 bits per heavy atom. The van der Waals surface area contributed by atoms with Crippen LogP contribution in [0.3, 0.4) is 0 Å². The van der Waals surface area contributed by atoms with Gasteiger partial charge in [-0.2, -0.15) is 0 Å². The lowest BCUT2D eigenvalue weighted by molar-refractivity contribution is -0.133. The molecule has 0 radical (unpaired) electrons. The van der Waals surface area contributed by atoms with Crippen molar-refractivity contribution >= 4 is 34.8 Å². The average Bonchev–Trinajstić information content (AvgIpc) is 2.91. The minimum atomic E-state index is -0.140. The van der Waals surface area contributed by atoms with Crippen LogP contribution in [0.1, 0.15) is 41.5 Å². The Bertz CT molecular complexity index is 602.